The molecule has 0 aliphatic rings. The van der Waals surface area contributed by atoms with E-state index >= 15 is 0 Å². The highest BCUT2D eigenvalue weighted by Gasteiger charge is 2.28. The average molecular weight is 419 g/mol. The van der Waals surface area contributed by atoms with Gasteiger partial charge in [-0.25, -0.2) is 14.6 Å². The number of thiazole rings is 1. The second-order valence-electron chi connectivity index (χ2n) is 5.75. The zero-order chi connectivity index (χ0) is 19.0. The number of aliphatic carboxylic acids is 1. The van der Waals surface area contributed by atoms with Crippen LogP contribution in [-0.2, 0) is 14.3 Å². The van der Waals surface area contributed by atoms with E-state index in [2.05, 4.69) is 9.72 Å². The highest BCUT2D eigenvalue weighted by molar-refractivity contribution is 7.23. The Morgan fingerprint density at radius 3 is 2.71 bits per heavy atom. The molecule has 0 saturated carbocycles. The van der Waals surface area contributed by atoms with Gasteiger partial charge in [0.15, 0.2) is 4.96 Å². The number of fused-ring (bicyclic) bond motifs is 3. The molecule has 1 atom stereocenters. The molecule has 2 aromatic heterocycles. The first kappa shape index (κ1) is 19.8. The lowest BCUT2D eigenvalue weighted by molar-refractivity contribution is -0.161. The van der Waals surface area contributed by atoms with Gasteiger partial charge in [0.25, 0.3) is 6.10 Å². The lowest BCUT2D eigenvalue weighted by Crippen LogP contribution is -2.35. The fourth-order valence-corrected chi connectivity index (χ4v) is 3.78. The Kier molecular flexibility index (Phi) is 5.64. The topological polar surface area (TPSA) is 90.1 Å². The Hall–Kier alpha value is -2.94. The summed E-state index contributed by atoms with van der Waals surface area (Å²) < 4.78 is 12.9. The molecule has 2 heterocycles. The van der Waals surface area contributed by atoms with E-state index in [1.807, 2.05) is 40.9 Å². The minimum atomic E-state index is -1.67. The first-order chi connectivity index (χ1) is 13.1. The summed E-state index contributed by atoms with van der Waals surface area (Å²) in [7, 11) is 1.14. The number of hydrogen-bond acceptors (Lipinski definition) is 6. The molecule has 9 heteroatoms. The van der Waals surface area contributed by atoms with E-state index in [1.165, 1.54) is 0 Å². The van der Waals surface area contributed by atoms with Crippen LogP contribution in [0.3, 0.4) is 0 Å². The summed E-state index contributed by atoms with van der Waals surface area (Å²) in [4.78, 5) is 28.4. The van der Waals surface area contributed by atoms with Crippen LogP contribution < -0.4 is 4.74 Å². The molecule has 2 aromatic carbocycles. The summed E-state index contributed by atoms with van der Waals surface area (Å²) in [5, 5.41) is 8.96. The maximum absolute atomic E-state index is 11.9. The zero-order valence-electron chi connectivity index (χ0n) is 14.6. The number of halogens is 1. The number of rotatable bonds is 5. The van der Waals surface area contributed by atoms with Gasteiger partial charge in [0.05, 0.1) is 15.9 Å². The number of nitrogens with zero attached hydrogens (tertiary/aromatic N) is 2. The molecule has 0 amide bonds. The van der Waals surface area contributed by atoms with E-state index in [0.29, 0.717) is 0 Å². The van der Waals surface area contributed by atoms with Crippen LogP contribution in [0.5, 0.6) is 5.75 Å². The summed E-state index contributed by atoms with van der Waals surface area (Å²) in [6.07, 6.45) is 0.252. The third-order valence-corrected chi connectivity index (χ3v) is 5.06. The highest BCUT2D eigenvalue weighted by atomic mass is 35.5. The van der Waals surface area contributed by atoms with Gasteiger partial charge in [-0.15, -0.1) is 12.4 Å². The van der Waals surface area contributed by atoms with Crippen molar-refractivity contribution in [3.8, 4) is 17.0 Å². The molecule has 144 valence electrons. The van der Waals surface area contributed by atoms with Crippen molar-refractivity contribution in [1.82, 2.24) is 9.38 Å². The van der Waals surface area contributed by atoms with Crippen molar-refractivity contribution in [3.05, 3.63) is 54.7 Å². The van der Waals surface area contributed by atoms with Crippen LogP contribution in [0.15, 0.2) is 54.7 Å². The molecule has 4 aromatic rings. The van der Waals surface area contributed by atoms with Crippen LogP contribution in [0.1, 0.15) is 0 Å². The summed E-state index contributed by atoms with van der Waals surface area (Å²) in [6.45, 7) is 0. The van der Waals surface area contributed by atoms with Crippen LogP contribution in [0, 0.1) is 0 Å². The van der Waals surface area contributed by atoms with Gasteiger partial charge in [0, 0.05) is 18.9 Å². The van der Waals surface area contributed by atoms with Crippen molar-refractivity contribution in [1.29, 1.82) is 0 Å². The lowest BCUT2D eigenvalue weighted by Gasteiger charge is -2.10. The van der Waals surface area contributed by atoms with Crippen molar-refractivity contribution < 1.29 is 24.2 Å². The number of ether oxygens (including phenoxy) is 2. The van der Waals surface area contributed by atoms with Gasteiger partial charge >= 0.3 is 11.9 Å². The fraction of sp³-hybridized carbons (Fsp3) is 0.105. The Morgan fingerprint density at radius 1 is 1.18 bits per heavy atom. The SMILES string of the molecule is COC(C(=O)O)C(=O)Oc1cccc(-c2cn3c(n2)sc2ccccc23)c1.Cl. The molecule has 0 aliphatic carbocycles. The average Bonchev–Trinajstić information content (AvgIpc) is 3.20. The molecule has 1 N–H and O–H groups in total. The van der Waals surface area contributed by atoms with Crippen LogP contribution in [0.4, 0.5) is 0 Å². The van der Waals surface area contributed by atoms with Gasteiger partial charge < -0.3 is 14.6 Å². The molecular weight excluding hydrogens is 404 g/mol. The molecule has 1 unspecified atom stereocenters. The predicted octanol–water partition coefficient (Wildman–Crippen LogP) is 3.64. The van der Waals surface area contributed by atoms with Crippen molar-refractivity contribution >= 4 is 50.9 Å². The van der Waals surface area contributed by atoms with Crippen LogP contribution in [0.2, 0.25) is 0 Å². The second-order valence-corrected chi connectivity index (χ2v) is 6.76. The van der Waals surface area contributed by atoms with E-state index < -0.39 is 18.0 Å². The van der Waals surface area contributed by atoms with Crippen molar-refractivity contribution in [2.45, 2.75) is 6.10 Å². The Morgan fingerprint density at radius 2 is 1.96 bits per heavy atom. The number of benzene rings is 2. The monoisotopic (exact) mass is 418 g/mol. The maximum Gasteiger partial charge on any atom is 0.352 e. The van der Waals surface area contributed by atoms with E-state index in [9.17, 15) is 9.59 Å². The Labute approximate surface area is 169 Å². The summed E-state index contributed by atoms with van der Waals surface area (Å²) in [5.74, 6) is -2.17. The number of imidazole rings is 1. The first-order valence-corrected chi connectivity index (χ1v) is 8.83. The molecule has 0 bridgehead atoms. The fourth-order valence-electron chi connectivity index (χ4n) is 2.77. The smallest absolute Gasteiger partial charge is 0.352 e. The molecule has 7 nitrogen and oxygen atoms in total. The van der Waals surface area contributed by atoms with Crippen molar-refractivity contribution in [2.75, 3.05) is 7.11 Å². The zero-order valence-corrected chi connectivity index (χ0v) is 16.2. The maximum atomic E-state index is 11.9. The number of methoxy groups -OCH3 is 1. The predicted molar refractivity (Wildman–Crippen MR) is 107 cm³/mol. The van der Waals surface area contributed by atoms with Crippen molar-refractivity contribution in [3.63, 3.8) is 0 Å². The van der Waals surface area contributed by atoms with Gasteiger partial charge in [-0.1, -0.05) is 35.6 Å². The number of carboxylic acids is 1. The van der Waals surface area contributed by atoms with Crippen molar-refractivity contribution in [2.24, 2.45) is 0 Å². The third-order valence-electron chi connectivity index (χ3n) is 4.02. The molecule has 0 aliphatic heterocycles. The van der Waals surface area contributed by atoms with Gasteiger partial charge in [-0.2, -0.15) is 0 Å². The van der Waals surface area contributed by atoms with E-state index in [0.717, 1.165) is 33.5 Å². The quantitative estimate of drug-likeness (QED) is 0.302. The molecule has 28 heavy (non-hydrogen) atoms. The summed E-state index contributed by atoms with van der Waals surface area (Å²) in [5.41, 5.74) is 2.55. The largest absolute Gasteiger partial charge is 0.479 e. The molecule has 0 fully saturated rings. The molecule has 4 rings (SSSR count). The number of carboxylic acid groups (broad SMARTS) is 1. The van der Waals surface area contributed by atoms with Gasteiger partial charge in [-0.3, -0.25) is 4.40 Å². The first-order valence-electron chi connectivity index (χ1n) is 8.01. The van der Waals surface area contributed by atoms with Gasteiger partial charge in [-0.05, 0) is 24.3 Å². The lowest BCUT2D eigenvalue weighted by atomic mass is 10.1. The number of hydrogen-bond donors (Lipinski definition) is 1. The minimum Gasteiger partial charge on any atom is -0.479 e. The molecule has 0 spiro atoms. The molecular formula is C19H15ClN2O5S. The van der Waals surface area contributed by atoms with Gasteiger partial charge in [0.1, 0.15) is 5.75 Å². The minimum absolute atomic E-state index is 0. The molecule has 0 radical (unpaired) electrons. The standard InChI is InChI=1S/C19H14N2O5S.ClH/c1-25-16(17(22)23)18(24)26-12-6-4-5-11(9-12)13-10-21-14-7-2-3-8-15(14)27-19(21)20-13;/h2-10,16H,1H3,(H,22,23);1H. The van der Waals surface area contributed by atoms with E-state index in [1.54, 1.807) is 29.5 Å². The Balaban J connectivity index is 0.00000225. The van der Waals surface area contributed by atoms with Crippen LogP contribution in [-0.4, -0.2) is 39.6 Å². The number of para-hydroxylation sites is 1. The summed E-state index contributed by atoms with van der Waals surface area (Å²) in [6, 6.07) is 14.8. The van der Waals surface area contributed by atoms with Crippen LogP contribution in [0.25, 0.3) is 26.4 Å². The van der Waals surface area contributed by atoms with E-state index in [4.69, 9.17) is 9.84 Å². The second kappa shape index (κ2) is 7.97. The van der Waals surface area contributed by atoms with E-state index in [-0.39, 0.29) is 18.2 Å². The third kappa shape index (κ3) is 3.57. The van der Waals surface area contributed by atoms with Crippen LogP contribution >= 0.6 is 23.7 Å². The highest BCUT2D eigenvalue weighted by Crippen LogP contribution is 2.30. The number of aromatic nitrogens is 2. The normalized spacial score (nSPS) is 11.9. The Bertz CT molecular complexity index is 1170. The number of carbonyl (C=O) groups excluding carboxylic acids is 1. The summed E-state index contributed by atoms with van der Waals surface area (Å²) >= 11 is 1.59. The number of carbonyl (C=O) groups is 2. The number of esters is 1. The molecule has 0 saturated heterocycles. The van der Waals surface area contributed by atoms with Gasteiger partial charge in [0.2, 0.25) is 0 Å².